The van der Waals surface area contributed by atoms with Gasteiger partial charge in [-0.25, -0.2) is 10.3 Å². The average Bonchev–Trinajstić information content (AvgIpc) is 2.59. The van der Waals surface area contributed by atoms with Crippen LogP contribution in [0.5, 0.6) is 0 Å². The third-order valence-corrected chi connectivity index (χ3v) is 1.25. The van der Waals surface area contributed by atoms with E-state index < -0.39 is 0 Å². The molecule has 1 N–H and O–H groups in total. The Morgan fingerprint density at radius 3 is 3.00 bits per heavy atom. The Morgan fingerprint density at radius 2 is 2.40 bits per heavy atom. The summed E-state index contributed by atoms with van der Waals surface area (Å²) in [7, 11) is 0. The minimum Gasteiger partial charge on any atom is -0.285 e. The van der Waals surface area contributed by atoms with Gasteiger partial charge >= 0.3 is 0 Å². The number of H-pyrrole nitrogens is 1. The van der Waals surface area contributed by atoms with Gasteiger partial charge in [0.2, 0.25) is 0 Å². The number of nitrogens with one attached hydrogen (secondary N) is 1. The fraction of sp³-hybridized carbons (Fsp3) is 0. The topological polar surface area (TPSA) is 55.1 Å². The molecule has 1 aliphatic heterocycles. The van der Waals surface area contributed by atoms with Crippen molar-refractivity contribution >= 4 is 12.0 Å². The van der Waals surface area contributed by atoms with E-state index in [4.69, 9.17) is 0 Å². The molecule has 10 heavy (non-hydrogen) atoms. The molecule has 0 aliphatic carbocycles. The summed E-state index contributed by atoms with van der Waals surface area (Å²) in [4.78, 5) is 3.99. The second kappa shape index (κ2) is 1.98. The van der Waals surface area contributed by atoms with Crippen LogP contribution in [0, 0.1) is 0 Å². The first-order valence-electron chi connectivity index (χ1n) is 2.88. The first-order chi connectivity index (χ1) is 4.97. The van der Waals surface area contributed by atoms with E-state index in [0.717, 1.165) is 11.3 Å². The van der Waals surface area contributed by atoms with Gasteiger partial charge in [0, 0.05) is 11.8 Å². The molecule has 0 spiro atoms. The van der Waals surface area contributed by atoms with Gasteiger partial charge in [-0.05, 0) is 0 Å². The third-order valence-electron chi connectivity index (χ3n) is 1.25. The Hall–Kier alpha value is -1.58. The highest BCUT2D eigenvalue weighted by Gasteiger charge is 2.02. The van der Waals surface area contributed by atoms with E-state index in [1.54, 1.807) is 18.6 Å². The summed E-state index contributed by atoms with van der Waals surface area (Å²) in [5.74, 6) is 0. The van der Waals surface area contributed by atoms with Crippen molar-refractivity contribution in [3.8, 4) is 0 Å². The normalized spacial score (nSPS) is 15.0. The average molecular weight is 133 g/mol. The van der Waals surface area contributed by atoms with E-state index in [-0.39, 0.29) is 0 Å². The quantitative estimate of drug-likeness (QED) is 0.590. The molecule has 2 rings (SSSR count). The van der Waals surface area contributed by atoms with Gasteiger partial charge < -0.3 is 0 Å². The highest BCUT2D eigenvalue weighted by molar-refractivity contribution is 5.78. The van der Waals surface area contributed by atoms with Crippen LogP contribution >= 0.6 is 0 Å². The van der Waals surface area contributed by atoms with Crippen LogP contribution in [0.15, 0.2) is 23.6 Å². The Morgan fingerprint density at radius 1 is 1.40 bits per heavy atom. The van der Waals surface area contributed by atoms with Crippen molar-refractivity contribution in [3.63, 3.8) is 0 Å². The van der Waals surface area contributed by atoms with Gasteiger partial charge in [0.25, 0.3) is 0 Å². The minimum absolute atomic E-state index is 0.855. The largest absolute Gasteiger partial charge is 0.285 e. The summed E-state index contributed by atoms with van der Waals surface area (Å²) in [5.41, 5.74) is 1.83. The Balaban J connectivity index is 2.36. The first-order valence-corrected chi connectivity index (χ1v) is 2.88. The van der Waals surface area contributed by atoms with Crippen LogP contribution in [-0.2, 0) is 0 Å². The Kier molecular flexibility index (Phi) is 1.04. The van der Waals surface area contributed by atoms with E-state index in [2.05, 4.69) is 20.5 Å². The molecule has 1 aromatic rings. The molecule has 4 heteroatoms. The summed E-state index contributed by atoms with van der Waals surface area (Å²) in [6.07, 6.45) is 6.71. The molecule has 0 saturated carbocycles. The zero-order valence-corrected chi connectivity index (χ0v) is 5.15. The maximum Gasteiger partial charge on any atom is 0.116 e. The van der Waals surface area contributed by atoms with E-state index in [0.29, 0.717) is 0 Å². The third kappa shape index (κ3) is 0.699. The number of aliphatic imine (C=N–C) groups is 1. The molecule has 0 fully saturated rings. The summed E-state index contributed by atoms with van der Waals surface area (Å²) in [5, 5.41) is 10.3. The van der Waals surface area contributed by atoms with E-state index in [1.165, 1.54) is 6.34 Å². The molecule has 49 valence electrons. The number of aromatic nitrogens is 2. The zero-order valence-electron chi connectivity index (χ0n) is 5.15. The summed E-state index contributed by atoms with van der Waals surface area (Å²) in [6.45, 7) is 0. The molecule has 0 aromatic carbocycles. The molecule has 1 radical (unpaired) electrons. The molecule has 0 atom stereocenters. The molecule has 1 aromatic heterocycles. The number of hydrogen-bond donors (Lipinski definition) is 1. The minimum atomic E-state index is 0.855. The van der Waals surface area contributed by atoms with Crippen molar-refractivity contribution in [2.24, 2.45) is 4.99 Å². The van der Waals surface area contributed by atoms with Gasteiger partial charge in [0.15, 0.2) is 0 Å². The van der Waals surface area contributed by atoms with Crippen molar-refractivity contribution in [2.75, 3.05) is 0 Å². The monoisotopic (exact) mass is 133 g/mol. The number of nitrogens with zero attached hydrogens (tertiary/aromatic N) is 3. The smallest absolute Gasteiger partial charge is 0.116 e. The van der Waals surface area contributed by atoms with Crippen molar-refractivity contribution in [2.45, 2.75) is 0 Å². The predicted octanol–water partition coefficient (Wildman–Crippen LogP) is 0.354. The maximum absolute atomic E-state index is 3.99. The Bertz CT molecular complexity index is 270. The summed E-state index contributed by atoms with van der Waals surface area (Å²) < 4.78 is 0. The fourth-order valence-corrected chi connectivity index (χ4v) is 0.773. The predicted molar refractivity (Wildman–Crippen MR) is 37.2 cm³/mol. The molecular weight excluding hydrogens is 128 g/mol. The van der Waals surface area contributed by atoms with Gasteiger partial charge in [-0.3, -0.25) is 5.10 Å². The Labute approximate surface area is 57.7 Å². The number of hydrogen-bond acceptors (Lipinski definition) is 2. The molecule has 0 saturated heterocycles. The molecule has 0 amide bonds. The van der Waals surface area contributed by atoms with Crippen LogP contribution in [0.25, 0.3) is 5.70 Å². The van der Waals surface area contributed by atoms with Crippen LogP contribution in [0.3, 0.4) is 0 Å². The lowest BCUT2D eigenvalue weighted by Crippen LogP contribution is -1.80. The summed E-state index contributed by atoms with van der Waals surface area (Å²) in [6, 6.07) is 0. The second-order valence-electron chi connectivity index (χ2n) is 1.89. The lowest BCUT2D eigenvalue weighted by molar-refractivity contribution is 1.09. The molecule has 2 heterocycles. The van der Waals surface area contributed by atoms with Crippen LogP contribution in [0.4, 0.5) is 0 Å². The van der Waals surface area contributed by atoms with Crippen molar-refractivity contribution < 1.29 is 0 Å². The molecule has 4 nitrogen and oxygen atoms in total. The first kappa shape index (κ1) is 5.22. The molecular formula is C6H5N4. The van der Waals surface area contributed by atoms with Gasteiger partial charge in [0.1, 0.15) is 6.34 Å². The molecule has 1 aliphatic rings. The van der Waals surface area contributed by atoms with Gasteiger partial charge in [-0.15, -0.1) is 0 Å². The number of aromatic amines is 1. The SMILES string of the molecule is C1=NC(c2cn[nH]c2)=C[N]1. The second-order valence-corrected chi connectivity index (χ2v) is 1.89. The van der Waals surface area contributed by atoms with Crippen LogP contribution < -0.4 is 5.32 Å². The number of rotatable bonds is 1. The van der Waals surface area contributed by atoms with E-state index in [1.807, 2.05) is 0 Å². The standard InChI is InChI=1S/C6H5N4/c1-5(2-10-9-1)6-3-7-4-8-6/h1-4H,(H,9,10). The van der Waals surface area contributed by atoms with E-state index in [9.17, 15) is 0 Å². The lowest BCUT2D eigenvalue weighted by atomic mass is 10.3. The fourth-order valence-electron chi connectivity index (χ4n) is 0.773. The van der Waals surface area contributed by atoms with Crippen molar-refractivity contribution in [1.82, 2.24) is 15.5 Å². The molecule has 0 unspecified atom stereocenters. The van der Waals surface area contributed by atoms with Crippen LogP contribution in [-0.4, -0.2) is 16.5 Å². The van der Waals surface area contributed by atoms with Crippen LogP contribution in [0.1, 0.15) is 5.56 Å². The van der Waals surface area contributed by atoms with E-state index >= 15 is 0 Å². The lowest BCUT2D eigenvalue weighted by Gasteiger charge is -1.85. The maximum atomic E-state index is 3.99. The molecule has 0 bridgehead atoms. The highest BCUT2D eigenvalue weighted by Crippen LogP contribution is 2.14. The van der Waals surface area contributed by atoms with Gasteiger partial charge in [-0.2, -0.15) is 5.10 Å². The van der Waals surface area contributed by atoms with Crippen molar-refractivity contribution in [3.05, 3.63) is 24.2 Å². The van der Waals surface area contributed by atoms with Gasteiger partial charge in [0.05, 0.1) is 18.1 Å². The zero-order chi connectivity index (χ0) is 6.81. The van der Waals surface area contributed by atoms with Crippen molar-refractivity contribution in [1.29, 1.82) is 0 Å². The van der Waals surface area contributed by atoms with Crippen LogP contribution in [0.2, 0.25) is 0 Å². The van der Waals surface area contributed by atoms with Gasteiger partial charge in [-0.1, -0.05) is 0 Å². The highest BCUT2D eigenvalue weighted by atomic mass is 15.1. The summed E-state index contributed by atoms with van der Waals surface area (Å²) >= 11 is 0.